The fraction of sp³-hybridized carbons (Fsp3) is 1.00. The van der Waals surface area contributed by atoms with E-state index in [1.54, 1.807) is 0 Å². The molecule has 0 saturated carbocycles. The van der Waals surface area contributed by atoms with Crippen LogP contribution < -0.4 is 5.84 Å². The van der Waals surface area contributed by atoms with Crippen LogP contribution in [0.2, 0.25) is 0 Å². The van der Waals surface area contributed by atoms with E-state index in [0.717, 1.165) is 6.54 Å². The summed E-state index contributed by atoms with van der Waals surface area (Å²) in [6.07, 6.45) is 0. The van der Waals surface area contributed by atoms with Gasteiger partial charge in [0.15, 0.2) is 0 Å². The van der Waals surface area contributed by atoms with Gasteiger partial charge in [0, 0.05) is 12.1 Å². The van der Waals surface area contributed by atoms with Gasteiger partial charge in [0.05, 0.1) is 0 Å². The summed E-state index contributed by atoms with van der Waals surface area (Å²) in [6, 6.07) is 0. The fourth-order valence-electron chi connectivity index (χ4n) is 0.474. The molecule has 0 amide bonds. The van der Waals surface area contributed by atoms with E-state index in [9.17, 15) is 0 Å². The molecule has 0 rings (SSSR count). The van der Waals surface area contributed by atoms with Gasteiger partial charge in [-0.2, -0.15) is 0 Å². The van der Waals surface area contributed by atoms with Crippen molar-refractivity contribution in [3.05, 3.63) is 0 Å². The maximum Gasteiger partial charge on any atom is 0.0267 e. The van der Waals surface area contributed by atoms with Crippen molar-refractivity contribution >= 4 is 0 Å². The van der Waals surface area contributed by atoms with Crippen LogP contribution in [-0.2, 0) is 0 Å². The third-order valence-corrected chi connectivity index (χ3v) is 1.20. The van der Waals surface area contributed by atoms with Crippen molar-refractivity contribution in [1.29, 1.82) is 0 Å². The molecule has 0 atom stereocenters. The third-order valence-electron chi connectivity index (χ3n) is 1.20. The molecule has 0 spiro atoms. The molecule has 0 heterocycles. The molecule has 2 N–H and O–H groups in total. The van der Waals surface area contributed by atoms with Crippen molar-refractivity contribution in [2.45, 2.75) is 33.2 Å². The molecule has 0 aliphatic carbocycles. The van der Waals surface area contributed by atoms with Crippen LogP contribution in [-0.4, -0.2) is 17.1 Å². The minimum atomic E-state index is 0.120. The number of hydrogen-bond donors (Lipinski definition) is 1. The highest BCUT2D eigenvalue weighted by atomic mass is 15.4. The van der Waals surface area contributed by atoms with Gasteiger partial charge in [-0.1, -0.05) is 6.92 Å². The number of hydrazine groups is 1. The summed E-state index contributed by atoms with van der Waals surface area (Å²) in [7, 11) is 0. The summed E-state index contributed by atoms with van der Waals surface area (Å²) in [5, 5.41) is 1.81. The first-order valence-corrected chi connectivity index (χ1v) is 3.01. The molecule has 0 saturated heterocycles. The van der Waals surface area contributed by atoms with E-state index in [2.05, 4.69) is 20.8 Å². The van der Waals surface area contributed by atoms with Crippen molar-refractivity contribution in [3.8, 4) is 0 Å². The van der Waals surface area contributed by atoms with E-state index in [4.69, 9.17) is 5.84 Å². The van der Waals surface area contributed by atoms with E-state index >= 15 is 0 Å². The normalized spacial score (nSPS) is 12.8. The number of hydrogen-bond acceptors (Lipinski definition) is 2. The average molecular weight is 116 g/mol. The van der Waals surface area contributed by atoms with Gasteiger partial charge in [0.1, 0.15) is 0 Å². The van der Waals surface area contributed by atoms with Crippen LogP contribution >= 0.6 is 0 Å². The molecular formula is C6H16N2. The molecule has 0 aliphatic rings. The van der Waals surface area contributed by atoms with E-state index in [1.165, 1.54) is 0 Å². The molecule has 8 heavy (non-hydrogen) atoms. The average Bonchev–Trinajstić information content (AvgIpc) is 1.62. The van der Waals surface area contributed by atoms with Crippen LogP contribution in [0.15, 0.2) is 0 Å². The number of rotatable bonds is 1. The molecule has 0 aromatic rings. The van der Waals surface area contributed by atoms with Gasteiger partial charge in [-0.25, -0.2) is 5.01 Å². The summed E-state index contributed by atoms with van der Waals surface area (Å²) < 4.78 is 0. The molecule has 0 bridgehead atoms. The zero-order valence-corrected chi connectivity index (χ0v) is 6.23. The Morgan fingerprint density at radius 2 is 1.75 bits per heavy atom. The van der Waals surface area contributed by atoms with Gasteiger partial charge >= 0.3 is 0 Å². The van der Waals surface area contributed by atoms with Crippen molar-refractivity contribution in [2.75, 3.05) is 6.54 Å². The molecule has 2 nitrogen and oxygen atoms in total. The summed E-state index contributed by atoms with van der Waals surface area (Å²) in [6.45, 7) is 9.23. The van der Waals surface area contributed by atoms with Crippen LogP contribution in [0.1, 0.15) is 27.7 Å². The Kier molecular flexibility index (Phi) is 2.44. The highest BCUT2D eigenvalue weighted by molar-refractivity contribution is 4.68. The van der Waals surface area contributed by atoms with E-state index in [-0.39, 0.29) is 5.54 Å². The highest BCUT2D eigenvalue weighted by Gasteiger charge is 2.14. The molecule has 0 unspecified atom stereocenters. The fourth-order valence-corrected chi connectivity index (χ4v) is 0.474. The Morgan fingerprint density at radius 1 is 1.38 bits per heavy atom. The Hall–Kier alpha value is -0.0800. The summed E-state index contributed by atoms with van der Waals surface area (Å²) in [5.41, 5.74) is 0.120. The molecule has 50 valence electrons. The lowest BCUT2D eigenvalue weighted by atomic mass is 10.1. The van der Waals surface area contributed by atoms with Crippen LogP contribution in [0, 0.1) is 0 Å². The minimum absolute atomic E-state index is 0.120. The largest absolute Gasteiger partial charge is 0.268 e. The van der Waals surface area contributed by atoms with Gasteiger partial charge in [-0.3, -0.25) is 5.84 Å². The lowest BCUT2D eigenvalue weighted by molar-refractivity contribution is 0.147. The number of nitrogens with two attached hydrogens (primary N) is 1. The summed E-state index contributed by atoms with van der Waals surface area (Å²) in [4.78, 5) is 0. The molecule has 0 aromatic heterocycles. The minimum Gasteiger partial charge on any atom is -0.268 e. The maximum atomic E-state index is 5.58. The lowest BCUT2D eigenvalue weighted by Crippen LogP contribution is -2.46. The van der Waals surface area contributed by atoms with Crippen LogP contribution in [0.4, 0.5) is 0 Å². The standard InChI is InChI=1S/C6H16N2/c1-5-8(7)6(2,3)4/h5,7H2,1-4H3. The van der Waals surface area contributed by atoms with E-state index in [1.807, 2.05) is 11.9 Å². The summed E-state index contributed by atoms with van der Waals surface area (Å²) in [5.74, 6) is 5.58. The molecule has 0 aliphatic heterocycles. The van der Waals surface area contributed by atoms with Crippen LogP contribution in [0.5, 0.6) is 0 Å². The van der Waals surface area contributed by atoms with E-state index < -0.39 is 0 Å². The Balaban J connectivity index is 3.62. The number of nitrogens with zero attached hydrogens (tertiary/aromatic N) is 1. The SMILES string of the molecule is CCN(N)C(C)(C)C. The van der Waals surface area contributed by atoms with Crippen molar-refractivity contribution in [2.24, 2.45) is 5.84 Å². The second-order valence-electron chi connectivity index (χ2n) is 2.96. The van der Waals surface area contributed by atoms with Gasteiger partial charge in [-0.05, 0) is 20.8 Å². The maximum absolute atomic E-state index is 5.58. The highest BCUT2D eigenvalue weighted by Crippen LogP contribution is 2.05. The third kappa shape index (κ3) is 2.28. The topological polar surface area (TPSA) is 29.3 Å². The van der Waals surface area contributed by atoms with Crippen LogP contribution in [0.3, 0.4) is 0 Å². The van der Waals surface area contributed by atoms with Gasteiger partial charge in [-0.15, -0.1) is 0 Å². The predicted molar refractivity (Wildman–Crippen MR) is 36.3 cm³/mol. The first-order chi connectivity index (χ1) is 3.48. The van der Waals surface area contributed by atoms with Gasteiger partial charge < -0.3 is 0 Å². The lowest BCUT2D eigenvalue weighted by Gasteiger charge is -2.29. The second kappa shape index (κ2) is 2.46. The molecule has 0 fully saturated rings. The smallest absolute Gasteiger partial charge is 0.0267 e. The molecule has 2 heteroatoms. The molecule has 0 aromatic carbocycles. The monoisotopic (exact) mass is 116 g/mol. The zero-order valence-electron chi connectivity index (χ0n) is 6.23. The zero-order chi connectivity index (χ0) is 6.78. The van der Waals surface area contributed by atoms with Crippen molar-refractivity contribution in [3.63, 3.8) is 0 Å². The summed E-state index contributed by atoms with van der Waals surface area (Å²) >= 11 is 0. The predicted octanol–water partition coefficient (Wildman–Crippen LogP) is 0.980. The Bertz CT molecular complexity index is 63.4. The van der Waals surface area contributed by atoms with E-state index in [0.29, 0.717) is 0 Å². The van der Waals surface area contributed by atoms with Gasteiger partial charge in [0.25, 0.3) is 0 Å². The second-order valence-corrected chi connectivity index (χ2v) is 2.96. The molecule has 0 radical (unpaired) electrons. The first kappa shape index (κ1) is 7.92. The Labute approximate surface area is 51.6 Å². The van der Waals surface area contributed by atoms with Crippen molar-refractivity contribution in [1.82, 2.24) is 5.01 Å². The quantitative estimate of drug-likeness (QED) is 0.409. The molecular weight excluding hydrogens is 100 g/mol. The first-order valence-electron chi connectivity index (χ1n) is 3.01. The Morgan fingerprint density at radius 3 is 1.75 bits per heavy atom. The van der Waals surface area contributed by atoms with Gasteiger partial charge in [0.2, 0.25) is 0 Å². The van der Waals surface area contributed by atoms with Crippen LogP contribution in [0.25, 0.3) is 0 Å². The van der Waals surface area contributed by atoms with Crippen molar-refractivity contribution < 1.29 is 0 Å².